The van der Waals surface area contributed by atoms with Gasteiger partial charge < -0.3 is 0 Å². The van der Waals surface area contributed by atoms with Crippen molar-refractivity contribution in [1.29, 1.82) is 0 Å². The van der Waals surface area contributed by atoms with Gasteiger partial charge in [-0.2, -0.15) is 35.0 Å². The van der Waals surface area contributed by atoms with Crippen molar-refractivity contribution in [2.75, 3.05) is 0 Å². The first-order valence-corrected chi connectivity index (χ1v) is 12.0. The van der Waals surface area contributed by atoms with E-state index in [4.69, 9.17) is 0 Å². The van der Waals surface area contributed by atoms with Crippen molar-refractivity contribution in [2.24, 2.45) is 0 Å². The van der Waals surface area contributed by atoms with Gasteiger partial charge in [-0.3, -0.25) is 0 Å². The van der Waals surface area contributed by atoms with E-state index < -0.39 is 0 Å². The monoisotopic (exact) mass is 554 g/mol. The summed E-state index contributed by atoms with van der Waals surface area (Å²) in [6.45, 7) is 6.00. The molecule has 0 heterocycles. The summed E-state index contributed by atoms with van der Waals surface area (Å²) in [6, 6.07) is 49.9. The van der Waals surface area contributed by atoms with E-state index in [0.29, 0.717) is 0 Å². The average Bonchev–Trinajstić information content (AvgIpc) is 3.64. The molecule has 0 aliphatic carbocycles. The SMILES string of the molecule is C(=Cc1ccccc1)/C=C/c1ccccc1.C=C.[Zr+2].c1ccc2[cH-]ccc2c1.c1ccc2[cH-]ccc2c1. The summed E-state index contributed by atoms with van der Waals surface area (Å²) in [5.41, 5.74) is 2.44. The van der Waals surface area contributed by atoms with E-state index in [1.807, 2.05) is 36.4 Å². The summed E-state index contributed by atoms with van der Waals surface area (Å²) in [4.78, 5) is 0. The van der Waals surface area contributed by atoms with E-state index in [2.05, 4.69) is 147 Å². The van der Waals surface area contributed by atoms with Gasteiger partial charge in [-0.05, 0) is 11.1 Å². The second-order valence-corrected chi connectivity index (χ2v) is 7.85. The molecule has 0 aliphatic rings. The van der Waals surface area contributed by atoms with Crippen molar-refractivity contribution in [3.63, 3.8) is 0 Å². The quantitative estimate of drug-likeness (QED) is 0.116. The molecule has 6 rings (SSSR count). The molecule has 0 aliphatic heterocycles. The average molecular weight is 556 g/mol. The summed E-state index contributed by atoms with van der Waals surface area (Å²) in [5.74, 6) is 0. The molecule has 37 heavy (non-hydrogen) atoms. The van der Waals surface area contributed by atoms with E-state index >= 15 is 0 Å². The molecule has 0 aromatic heterocycles. The Morgan fingerprint density at radius 1 is 0.432 bits per heavy atom. The molecule has 0 spiro atoms. The standard InChI is InChI=1S/C16H14.2C9H7.C2H4.Zr/c1-3-9-15(10-4-1)13-7-8-14-16-11-5-2-6-12-16;2*1-2-5-9-7-3-6-8(9)4-1;1-2;/h1-14H;2*1-7H;1-2H2;/q;2*-1;;+2/b13-7+,14-8?;;;;. The Hall–Kier alpha value is -3.80. The van der Waals surface area contributed by atoms with Crippen molar-refractivity contribution < 1.29 is 26.2 Å². The summed E-state index contributed by atoms with van der Waals surface area (Å²) in [7, 11) is 0. The van der Waals surface area contributed by atoms with Gasteiger partial charge in [0.05, 0.1) is 0 Å². The van der Waals surface area contributed by atoms with Gasteiger partial charge in [0.15, 0.2) is 0 Å². The van der Waals surface area contributed by atoms with Crippen molar-refractivity contribution >= 4 is 33.7 Å². The fourth-order valence-electron chi connectivity index (χ4n) is 3.60. The van der Waals surface area contributed by atoms with Crippen LogP contribution >= 0.6 is 0 Å². The third kappa shape index (κ3) is 10.4. The Kier molecular flexibility index (Phi) is 14.0. The van der Waals surface area contributed by atoms with Crippen LogP contribution in [0.3, 0.4) is 0 Å². The Labute approximate surface area is 240 Å². The van der Waals surface area contributed by atoms with Crippen LogP contribution in [0.4, 0.5) is 0 Å². The van der Waals surface area contributed by atoms with Crippen LogP contribution in [0.25, 0.3) is 33.7 Å². The van der Waals surface area contributed by atoms with Gasteiger partial charge in [-0.15, -0.1) is 72.5 Å². The van der Waals surface area contributed by atoms with Crippen molar-refractivity contribution in [3.8, 4) is 0 Å². The van der Waals surface area contributed by atoms with Gasteiger partial charge in [0.2, 0.25) is 0 Å². The molecular weight excluding hydrogens is 524 g/mol. The largest absolute Gasteiger partial charge is 2.00 e. The molecule has 0 unspecified atom stereocenters. The molecule has 0 saturated carbocycles. The molecule has 180 valence electrons. The molecule has 0 nitrogen and oxygen atoms in total. The topological polar surface area (TPSA) is 0 Å². The zero-order chi connectivity index (χ0) is 25.3. The Bertz CT molecular complexity index is 1280. The summed E-state index contributed by atoms with van der Waals surface area (Å²) >= 11 is 0. The van der Waals surface area contributed by atoms with Crippen LogP contribution in [0.15, 0.2) is 171 Å². The number of rotatable bonds is 3. The maximum Gasteiger partial charge on any atom is 2.00 e. The summed E-state index contributed by atoms with van der Waals surface area (Å²) < 4.78 is 0. The van der Waals surface area contributed by atoms with Crippen LogP contribution in [-0.2, 0) is 26.2 Å². The van der Waals surface area contributed by atoms with Crippen LogP contribution in [0, 0.1) is 0 Å². The minimum atomic E-state index is 0. The van der Waals surface area contributed by atoms with Crippen LogP contribution in [0.1, 0.15) is 11.1 Å². The number of allylic oxidation sites excluding steroid dienone is 2. The Morgan fingerprint density at radius 2 is 0.784 bits per heavy atom. The summed E-state index contributed by atoms with van der Waals surface area (Å²) in [6.07, 6.45) is 8.31. The molecule has 6 aromatic carbocycles. The number of hydrogen-bond acceptors (Lipinski definition) is 0. The molecule has 0 atom stereocenters. The van der Waals surface area contributed by atoms with E-state index in [9.17, 15) is 0 Å². The van der Waals surface area contributed by atoms with Crippen molar-refractivity contribution in [2.45, 2.75) is 0 Å². The minimum absolute atomic E-state index is 0. The fraction of sp³-hybridized carbons (Fsp3) is 0. The molecule has 0 radical (unpaired) electrons. The Morgan fingerprint density at radius 3 is 1.16 bits per heavy atom. The van der Waals surface area contributed by atoms with E-state index in [-0.39, 0.29) is 26.2 Å². The maximum atomic E-state index is 3.00. The number of benzene rings is 4. The molecule has 0 amide bonds. The maximum absolute atomic E-state index is 3.00. The van der Waals surface area contributed by atoms with Gasteiger partial charge >= 0.3 is 26.2 Å². The van der Waals surface area contributed by atoms with Gasteiger partial charge in [0.1, 0.15) is 0 Å². The molecule has 1 heteroatoms. The van der Waals surface area contributed by atoms with Crippen LogP contribution in [0.5, 0.6) is 0 Å². The normalized spacial score (nSPS) is 9.95. The van der Waals surface area contributed by atoms with Crippen molar-refractivity contribution in [3.05, 3.63) is 182 Å². The van der Waals surface area contributed by atoms with Crippen molar-refractivity contribution in [1.82, 2.24) is 0 Å². The molecule has 0 bridgehead atoms. The molecule has 0 N–H and O–H groups in total. The van der Waals surface area contributed by atoms with Crippen LogP contribution in [-0.4, -0.2) is 0 Å². The Balaban J connectivity index is 0.000000197. The summed E-state index contributed by atoms with van der Waals surface area (Å²) in [5, 5.41) is 5.32. The molecule has 0 saturated heterocycles. The second kappa shape index (κ2) is 17.6. The van der Waals surface area contributed by atoms with Crippen LogP contribution in [0.2, 0.25) is 0 Å². The number of fused-ring (bicyclic) bond motifs is 2. The molecule has 0 fully saturated rings. The smallest absolute Gasteiger partial charge is 0.168 e. The zero-order valence-corrected chi connectivity index (χ0v) is 23.5. The van der Waals surface area contributed by atoms with Gasteiger partial charge in [0, 0.05) is 0 Å². The van der Waals surface area contributed by atoms with Crippen LogP contribution < -0.4 is 0 Å². The van der Waals surface area contributed by atoms with E-state index in [1.165, 1.54) is 32.7 Å². The first kappa shape index (κ1) is 29.4. The fourth-order valence-corrected chi connectivity index (χ4v) is 3.60. The molecule has 6 aromatic rings. The number of hydrogen-bond donors (Lipinski definition) is 0. The van der Waals surface area contributed by atoms with E-state index in [1.54, 1.807) is 0 Å². The first-order chi connectivity index (χ1) is 17.9. The minimum Gasteiger partial charge on any atom is -0.168 e. The third-order valence-electron chi connectivity index (χ3n) is 5.38. The zero-order valence-electron chi connectivity index (χ0n) is 21.1. The third-order valence-corrected chi connectivity index (χ3v) is 5.38. The van der Waals surface area contributed by atoms with Gasteiger partial charge in [-0.25, -0.2) is 0 Å². The first-order valence-electron chi connectivity index (χ1n) is 12.0. The second-order valence-electron chi connectivity index (χ2n) is 7.85. The van der Waals surface area contributed by atoms with Gasteiger partial charge in [-0.1, -0.05) is 97.1 Å². The van der Waals surface area contributed by atoms with E-state index in [0.717, 1.165) is 0 Å². The predicted molar refractivity (Wildman–Crippen MR) is 161 cm³/mol. The van der Waals surface area contributed by atoms with Gasteiger partial charge in [0.25, 0.3) is 0 Å². The molecular formula is C36H32Zr. The predicted octanol–water partition coefficient (Wildman–Crippen LogP) is 10.3.